The molecule has 7 rings (SSSR count). The van der Waals surface area contributed by atoms with Gasteiger partial charge in [-0.2, -0.15) is 0 Å². The summed E-state index contributed by atoms with van der Waals surface area (Å²) < 4.78 is 23.4. The number of aromatic nitrogens is 1. The van der Waals surface area contributed by atoms with Crippen LogP contribution in [-0.4, -0.2) is 46.2 Å². The van der Waals surface area contributed by atoms with E-state index in [4.69, 9.17) is 18.7 Å². The number of carbonyl (C=O) groups is 2. The van der Waals surface area contributed by atoms with Crippen LogP contribution in [0.3, 0.4) is 0 Å². The fourth-order valence-electron chi connectivity index (χ4n) is 7.14. The van der Waals surface area contributed by atoms with Gasteiger partial charge in [0.15, 0.2) is 11.4 Å². The molecule has 0 spiro atoms. The number of methoxy groups -OCH3 is 1. The molecule has 3 aromatic carbocycles. The average molecular weight is 635 g/mol. The zero-order valence-corrected chi connectivity index (χ0v) is 25.8. The molecule has 4 atom stereocenters. The molecule has 1 saturated carbocycles. The predicted octanol–water partition coefficient (Wildman–Crippen LogP) is 5.32. The second-order valence-electron chi connectivity index (χ2n) is 12.0. The smallest absolute Gasteiger partial charge is 0.265 e. The average Bonchev–Trinajstić information content (AvgIpc) is 3.52. The third kappa shape index (κ3) is 5.01. The molecule has 47 heavy (non-hydrogen) atoms. The van der Waals surface area contributed by atoms with Crippen molar-refractivity contribution in [2.75, 3.05) is 13.7 Å². The Hall–Kier alpha value is -5.19. The molecule has 1 fully saturated rings. The number of fused-ring (bicyclic) bond motifs is 4. The molecule has 0 bridgehead atoms. The summed E-state index contributed by atoms with van der Waals surface area (Å²) in [6, 6.07) is 21.6. The minimum Gasteiger partial charge on any atom is -0.507 e. The highest BCUT2D eigenvalue weighted by Gasteiger charge is 2.65. The van der Waals surface area contributed by atoms with Crippen molar-refractivity contribution < 1.29 is 38.5 Å². The maximum Gasteiger partial charge on any atom is 0.265 e. The molecule has 1 heterocycles. The Labute approximate surface area is 271 Å². The molecule has 3 aliphatic carbocycles. The Morgan fingerprint density at radius 1 is 0.957 bits per heavy atom. The molecule has 3 N–H and O–H groups in total. The summed E-state index contributed by atoms with van der Waals surface area (Å²) in [4.78, 5) is 28.8. The summed E-state index contributed by atoms with van der Waals surface area (Å²) in [5.74, 6) is -2.59. The summed E-state index contributed by atoms with van der Waals surface area (Å²) in [6.07, 6.45) is 2.13. The van der Waals surface area contributed by atoms with Gasteiger partial charge in [-0.05, 0) is 47.2 Å². The van der Waals surface area contributed by atoms with E-state index in [9.17, 15) is 19.8 Å². The minimum atomic E-state index is -2.52. The van der Waals surface area contributed by atoms with Crippen LogP contribution in [0.1, 0.15) is 50.8 Å². The maximum absolute atomic E-state index is 14.5. The number of aliphatic hydroxyl groups is 2. The van der Waals surface area contributed by atoms with E-state index in [2.05, 4.69) is 17.1 Å². The van der Waals surface area contributed by atoms with E-state index in [1.54, 1.807) is 25.3 Å². The lowest BCUT2D eigenvalue weighted by Gasteiger charge is -2.48. The Kier molecular flexibility index (Phi) is 7.91. The Morgan fingerprint density at radius 2 is 1.62 bits per heavy atom. The van der Waals surface area contributed by atoms with Crippen LogP contribution in [0, 0.1) is 11.8 Å². The van der Waals surface area contributed by atoms with Gasteiger partial charge in [-0.3, -0.25) is 9.59 Å². The van der Waals surface area contributed by atoms with E-state index in [-0.39, 0.29) is 48.2 Å². The molecule has 4 aromatic rings. The minimum absolute atomic E-state index is 0.0171. The number of ketones is 2. The van der Waals surface area contributed by atoms with E-state index in [0.29, 0.717) is 35.6 Å². The number of aliphatic hydroxyl groups excluding tert-OH is 1. The summed E-state index contributed by atoms with van der Waals surface area (Å²) in [7, 11) is 1.54. The quantitative estimate of drug-likeness (QED) is 0.155. The van der Waals surface area contributed by atoms with Gasteiger partial charge in [-0.1, -0.05) is 66.7 Å². The number of carbonyl (C=O) groups excluding carboxylic acids is 2. The van der Waals surface area contributed by atoms with Crippen molar-refractivity contribution in [1.29, 1.82) is 0 Å². The fraction of sp³-hybridized carbons (Fsp3) is 0.270. The Bertz CT molecular complexity index is 1880. The number of hydrogen-bond donors (Lipinski definition) is 3. The maximum atomic E-state index is 14.5. The highest BCUT2D eigenvalue weighted by molar-refractivity contribution is 6.26. The van der Waals surface area contributed by atoms with Gasteiger partial charge in [-0.15, -0.1) is 6.58 Å². The summed E-state index contributed by atoms with van der Waals surface area (Å²) in [5, 5.41) is 31.5. The Balaban J connectivity index is 1.30. The number of rotatable bonds is 10. The molecule has 0 amide bonds. The molecule has 1 aromatic heterocycles. The monoisotopic (exact) mass is 634 g/mol. The fourth-order valence-corrected chi connectivity index (χ4v) is 7.14. The van der Waals surface area contributed by atoms with Crippen molar-refractivity contribution in [2.45, 2.75) is 37.7 Å². The highest BCUT2D eigenvalue weighted by Crippen LogP contribution is 2.55. The van der Waals surface area contributed by atoms with Crippen molar-refractivity contribution in [2.24, 2.45) is 11.8 Å². The van der Waals surface area contributed by atoms with Crippen molar-refractivity contribution in [1.82, 2.24) is 10.5 Å². The molecule has 0 saturated heterocycles. The largest absolute Gasteiger partial charge is 0.507 e. The van der Waals surface area contributed by atoms with E-state index in [1.165, 1.54) is 0 Å². The number of ether oxygens (including phenoxy) is 3. The lowest BCUT2D eigenvalue weighted by molar-refractivity contribution is -0.140. The van der Waals surface area contributed by atoms with Gasteiger partial charge in [0.05, 0.1) is 18.7 Å². The number of benzene rings is 3. The number of hydrogen-bond acceptors (Lipinski definition) is 10. The van der Waals surface area contributed by atoms with Crippen LogP contribution in [-0.2, 0) is 24.4 Å². The lowest BCUT2D eigenvalue weighted by atomic mass is 9.57. The third-order valence-corrected chi connectivity index (χ3v) is 9.35. The molecule has 240 valence electrons. The van der Waals surface area contributed by atoms with Gasteiger partial charge in [0, 0.05) is 23.6 Å². The standard InChI is InChI=1S/C37H34N2O8/c1-3-16-38-31-25-18-23-17-24-26(44-2)14-15-27(45-19-21-10-6-4-7-11-21)29(24)32(40)28(23)34(41)37(25,43)35(42)30-33(31)47-39-36(30)46-20-22-12-8-5-9-13-22/h3-15,23,25,31,38,40,43H,1,16-20H2,2H3/t23-,25-,31-,37-/m0/s1. The van der Waals surface area contributed by atoms with Crippen molar-refractivity contribution >= 4 is 17.3 Å². The van der Waals surface area contributed by atoms with Crippen LogP contribution >= 0.6 is 0 Å². The molecular weight excluding hydrogens is 600 g/mol. The van der Waals surface area contributed by atoms with Crippen molar-refractivity contribution in [3.05, 3.63) is 125 Å². The van der Waals surface area contributed by atoms with Crippen LogP contribution in [0.5, 0.6) is 17.4 Å². The van der Waals surface area contributed by atoms with Crippen LogP contribution < -0.4 is 19.5 Å². The zero-order chi connectivity index (χ0) is 32.7. The van der Waals surface area contributed by atoms with E-state index in [1.807, 2.05) is 60.7 Å². The molecular formula is C37H34N2O8. The molecule has 0 unspecified atom stereocenters. The summed E-state index contributed by atoms with van der Waals surface area (Å²) >= 11 is 0. The van der Waals surface area contributed by atoms with Gasteiger partial charge < -0.3 is 34.3 Å². The van der Waals surface area contributed by atoms with Crippen LogP contribution in [0.2, 0.25) is 0 Å². The Morgan fingerprint density at radius 3 is 2.28 bits per heavy atom. The third-order valence-electron chi connectivity index (χ3n) is 9.35. The van der Waals surface area contributed by atoms with Crippen LogP contribution in [0.25, 0.3) is 5.76 Å². The van der Waals surface area contributed by atoms with Gasteiger partial charge in [0.25, 0.3) is 5.88 Å². The molecule has 0 radical (unpaired) electrons. The van der Waals surface area contributed by atoms with E-state index < -0.39 is 35.0 Å². The van der Waals surface area contributed by atoms with Gasteiger partial charge >= 0.3 is 0 Å². The normalized spacial score (nSPS) is 22.9. The summed E-state index contributed by atoms with van der Waals surface area (Å²) in [6.45, 7) is 4.40. The molecule has 10 heteroatoms. The summed E-state index contributed by atoms with van der Waals surface area (Å²) in [5.41, 5.74) is 0.0997. The zero-order valence-electron chi connectivity index (χ0n) is 25.8. The SMILES string of the molecule is C=CCN[C@@H]1c2onc(OCc3ccccc3)c2C(=O)[C@@]2(O)C(=O)C3=C(O)c4c(OCc5ccccc5)ccc(OC)c4C[C@H]3C[C@@H]12. The van der Waals surface area contributed by atoms with Crippen LogP contribution in [0.4, 0.5) is 0 Å². The number of nitrogens with one attached hydrogen (secondary N) is 1. The first-order valence-corrected chi connectivity index (χ1v) is 15.5. The molecule has 10 nitrogen and oxygen atoms in total. The first-order chi connectivity index (χ1) is 22.9. The first kappa shape index (κ1) is 30.5. The van der Waals surface area contributed by atoms with Gasteiger partial charge in [-0.25, -0.2) is 0 Å². The van der Waals surface area contributed by atoms with Crippen LogP contribution in [0.15, 0.2) is 95.5 Å². The second-order valence-corrected chi connectivity index (χ2v) is 12.0. The number of nitrogens with zero attached hydrogens (tertiary/aromatic N) is 1. The van der Waals surface area contributed by atoms with E-state index >= 15 is 0 Å². The molecule has 0 aliphatic heterocycles. The topological polar surface area (TPSA) is 140 Å². The van der Waals surface area contributed by atoms with Gasteiger partial charge in [0.2, 0.25) is 11.6 Å². The van der Waals surface area contributed by atoms with Crippen molar-refractivity contribution in [3.63, 3.8) is 0 Å². The molecule has 3 aliphatic rings. The first-order valence-electron chi connectivity index (χ1n) is 15.5. The predicted molar refractivity (Wildman–Crippen MR) is 171 cm³/mol. The van der Waals surface area contributed by atoms with Crippen molar-refractivity contribution in [3.8, 4) is 17.4 Å². The van der Waals surface area contributed by atoms with Gasteiger partial charge in [0.1, 0.15) is 36.0 Å². The second kappa shape index (κ2) is 12.2. The van der Waals surface area contributed by atoms with E-state index in [0.717, 1.165) is 11.1 Å². The number of Topliss-reactive ketones (excluding diaryl/α,β-unsaturated/α-hetero) is 2. The lowest BCUT2D eigenvalue weighted by Crippen LogP contribution is -2.63. The highest BCUT2D eigenvalue weighted by atomic mass is 16.5.